The number of benzene rings is 1. The van der Waals surface area contributed by atoms with Gasteiger partial charge in [0.1, 0.15) is 5.82 Å². The summed E-state index contributed by atoms with van der Waals surface area (Å²) in [4.78, 5) is 22.4. The van der Waals surface area contributed by atoms with Gasteiger partial charge in [-0.1, -0.05) is 11.6 Å². The molecule has 104 valence electrons. The van der Waals surface area contributed by atoms with Gasteiger partial charge in [-0.25, -0.2) is 9.18 Å². The Morgan fingerprint density at radius 3 is 2.63 bits per heavy atom. The molecule has 0 spiro atoms. The number of hydrogen-bond donors (Lipinski definition) is 4. The lowest BCUT2D eigenvalue weighted by Gasteiger charge is -2.18. The Bertz CT molecular complexity index is 534. The minimum atomic E-state index is -2.14. The molecule has 0 aliphatic rings. The van der Waals surface area contributed by atoms with Crippen LogP contribution in [0.5, 0.6) is 0 Å². The number of carbonyl (C=O) groups is 2. The molecule has 1 atom stereocenters. The Labute approximate surface area is 113 Å². The van der Waals surface area contributed by atoms with Gasteiger partial charge in [0.05, 0.1) is 17.8 Å². The zero-order chi connectivity index (χ0) is 14.8. The number of hydrogen-bond acceptors (Lipinski definition) is 4. The fraction of sp³-hybridized carbons (Fsp3) is 0.273. The second-order valence-corrected chi connectivity index (χ2v) is 4.55. The highest BCUT2D eigenvalue weighted by Crippen LogP contribution is 2.22. The molecule has 1 rings (SSSR count). The van der Waals surface area contributed by atoms with Crippen LogP contribution >= 0.6 is 11.6 Å². The third-order valence-corrected chi connectivity index (χ3v) is 2.61. The number of anilines is 1. The number of halogens is 2. The number of nitrogens with two attached hydrogens (primary N) is 1. The maximum Gasteiger partial charge on any atom is 0.337 e. The van der Waals surface area contributed by atoms with Crippen LogP contribution in [0, 0.1) is 5.82 Å². The number of nitrogen functional groups attached to an aromatic ring is 1. The van der Waals surface area contributed by atoms with Crippen LogP contribution in [0.2, 0.25) is 5.02 Å². The first-order chi connectivity index (χ1) is 8.65. The van der Waals surface area contributed by atoms with Crippen LogP contribution < -0.4 is 11.1 Å². The number of amides is 1. The Kier molecular flexibility index (Phi) is 4.33. The van der Waals surface area contributed by atoms with E-state index in [0.29, 0.717) is 0 Å². The molecule has 0 aliphatic carbocycles. The molecule has 8 heteroatoms. The van der Waals surface area contributed by atoms with E-state index in [4.69, 9.17) is 22.4 Å². The number of aliphatic carboxylic acids is 1. The molecule has 0 saturated heterocycles. The van der Waals surface area contributed by atoms with Gasteiger partial charge in [-0.3, -0.25) is 4.79 Å². The average molecular weight is 291 g/mol. The van der Waals surface area contributed by atoms with Gasteiger partial charge in [0.25, 0.3) is 5.91 Å². The molecule has 19 heavy (non-hydrogen) atoms. The van der Waals surface area contributed by atoms with Crippen LogP contribution in [0.4, 0.5) is 10.1 Å². The Hall–Kier alpha value is -1.86. The summed E-state index contributed by atoms with van der Waals surface area (Å²) in [7, 11) is 0. The third kappa shape index (κ3) is 3.55. The van der Waals surface area contributed by atoms with E-state index in [1.54, 1.807) is 0 Å². The monoisotopic (exact) mass is 290 g/mol. The second kappa shape index (κ2) is 5.41. The molecular weight excluding hydrogens is 279 g/mol. The summed E-state index contributed by atoms with van der Waals surface area (Å²) in [5.74, 6) is -3.19. The van der Waals surface area contributed by atoms with E-state index in [2.05, 4.69) is 5.32 Å². The number of aliphatic hydroxyl groups is 1. The zero-order valence-electron chi connectivity index (χ0n) is 9.91. The molecular formula is C11H12ClFN2O4. The molecule has 0 aliphatic heterocycles. The normalized spacial score (nSPS) is 13.7. The van der Waals surface area contributed by atoms with Crippen molar-refractivity contribution in [3.05, 3.63) is 28.5 Å². The summed E-state index contributed by atoms with van der Waals surface area (Å²) in [6.45, 7) is 0.451. The minimum Gasteiger partial charge on any atom is -0.479 e. The van der Waals surface area contributed by atoms with Gasteiger partial charge in [-0.2, -0.15) is 0 Å². The summed E-state index contributed by atoms with van der Waals surface area (Å²) < 4.78 is 13.3. The Morgan fingerprint density at radius 1 is 1.53 bits per heavy atom. The summed E-state index contributed by atoms with van der Waals surface area (Å²) in [5.41, 5.74) is 2.60. The van der Waals surface area contributed by atoms with Crippen molar-refractivity contribution < 1.29 is 24.2 Å². The fourth-order valence-corrected chi connectivity index (χ4v) is 1.40. The van der Waals surface area contributed by atoms with E-state index in [1.165, 1.54) is 0 Å². The maximum absolute atomic E-state index is 13.3. The lowest BCUT2D eigenvalue weighted by atomic mass is 10.1. The minimum absolute atomic E-state index is 0.0261. The van der Waals surface area contributed by atoms with E-state index in [0.717, 1.165) is 19.1 Å². The van der Waals surface area contributed by atoms with Gasteiger partial charge in [0.15, 0.2) is 5.60 Å². The largest absolute Gasteiger partial charge is 0.479 e. The predicted molar refractivity (Wildman–Crippen MR) is 66.4 cm³/mol. The van der Waals surface area contributed by atoms with Crippen LogP contribution in [0.1, 0.15) is 17.3 Å². The van der Waals surface area contributed by atoms with Crippen LogP contribution in [0.15, 0.2) is 12.1 Å². The van der Waals surface area contributed by atoms with E-state index in [9.17, 15) is 19.1 Å². The van der Waals surface area contributed by atoms with Crippen molar-refractivity contribution in [2.24, 2.45) is 0 Å². The highest BCUT2D eigenvalue weighted by molar-refractivity contribution is 6.31. The van der Waals surface area contributed by atoms with Crippen LogP contribution in [0.25, 0.3) is 0 Å². The van der Waals surface area contributed by atoms with Crippen molar-refractivity contribution in [2.45, 2.75) is 12.5 Å². The molecule has 1 unspecified atom stereocenters. The number of carbonyl (C=O) groups excluding carboxylic acids is 1. The summed E-state index contributed by atoms with van der Waals surface area (Å²) >= 11 is 5.59. The highest BCUT2D eigenvalue weighted by Gasteiger charge is 2.30. The molecule has 0 radical (unpaired) electrons. The highest BCUT2D eigenvalue weighted by atomic mass is 35.5. The van der Waals surface area contributed by atoms with Crippen LogP contribution in [-0.2, 0) is 4.79 Å². The Morgan fingerprint density at radius 2 is 2.11 bits per heavy atom. The topological polar surface area (TPSA) is 113 Å². The molecule has 1 amide bonds. The second-order valence-electron chi connectivity index (χ2n) is 4.11. The first-order valence-electron chi connectivity index (χ1n) is 5.13. The first-order valence-corrected chi connectivity index (χ1v) is 5.51. The first kappa shape index (κ1) is 15.2. The molecule has 0 heterocycles. The average Bonchev–Trinajstić information content (AvgIpc) is 2.30. The number of nitrogens with one attached hydrogen (secondary N) is 1. The van der Waals surface area contributed by atoms with E-state index in [-0.39, 0.29) is 10.6 Å². The van der Waals surface area contributed by atoms with Gasteiger partial charge in [-0.05, 0) is 19.1 Å². The van der Waals surface area contributed by atoms with Crippen LogP contribution in [0.3, 0.4) is 0 Å². The molecule has 1 aromatic rings. The lowest BCUT2D eigenvalue weighted by molar-refractivity contribution is -0.155. The van der Waals surface area contributed by atoms with E-state index < -0.39 is 35.5 Å². The molecule has 6 nitrogen and oxygen atoms in total. The van der Waals surface area contributed by atoms with Crippen LogP contribution in [-0.4, -0.2) is 34.2 Å². The van der Waals surface area contributed by atoms with Crippen molar-refractivity contribution >= 4 is 29.2 Å². The predicted octanol–water partition coefficient (Wildman–Crippen LogP) is 0.627. The van der Waals surface area contributed by atoms with Crippen molar-refractivity contribution in [1.29, 1.82) is 0 Å². The van der Waals surface area contributed by atoms with Gasteiger partial charge >= 0.3 is 5.97 Å². The van der Waals surface area contributed by atoms with Crippen molar-refractivity contribution in [2.75, 3.05) is 12.3 Å². The number of carboxylic acid groups (broad SMARTS) is 1. The molecule has 0 bridgehead atoms. The smallest absolute Gasteiger partial charge is 0.337 e. The van der Waals surface area contributed by atoms with Gasteiger partial charge in [-0.15, -0.1) is 0 Å². The maximum atomic E-state index is 13.3. The molecule has 0 saturated carbocycles. The SMILES string of the molecule is CC(O)(CNC(=O)c1cc(Cl)cc(F)c1N)C(=O)O. The Balaban J connectivity index is 2.88. The van der Waals surface area contributed by atoms with E-state index in [1.807, 2.05) is 0 Å². The lowest BCUT2D eigenvalue weighted by Crippen LogP contribution is -2.46. The summed E-state index contributed by atoms with van der Waals surface area (Å²) in [6.07, 6.45) is 0. The van der Waals surface area contributed by atoms with E-state index >= 15 is 0 Å². The van der Waals surface area contributed by atoms with Crippen molar-refractivity contribution in [3.8, 4) is 0 Å². The quantitative estimate of drug-likeness (QED) is 0.607. The molecule has 1 aromatic carbocycles. The number of rotatable bonds is 4. The van der Waals surface area contributed by atoms with Gasteiger partial charge in [0, 0.05) is 5.02 Å². The summed E-state index contributed by atoms with van der Waals surface area (Å²) in [5, 5.41) is 20.2. The molecule has 0 fully saturated rings. The van der Waals surface area contributed by atoms with Crippen molar-refractivity contribution in [1.82, 2.24) is 5.32 Å². The third-order valence-electron chi connectivity index (χ3n) is 2.39. The molecule has 5 N–H and O–H groups in total. The standard InChI is InChI=1S/C11H12ClFN2O4/c1-11(19,10(17)18)4-15-9(16)6-2-5(12)3-7(13)8(6)14/h2-3,19H,4,14H2,1H3,(H,15,16)(H,17,18). The zero-order valence-corrected chi connectivity index (χ0v) is 10.7. The summed E-state index contributed by atoms with van der Waals surface area (Å²) in [6, 6.07) is 2.09. The van der Waals surface area contributed by atoms with Crippen molar-refractivity contribution in [3.63, 3.8) is 0 Å². The number of carboxylic acids is 1. The molecule has 0 aromatic heterocycles. The van der Waals surface area contributed by atoms with Gasteiger partial charge in [0.2, 0.25) is 0 Å². The fourth-order valence-electron chi connectivity index (χ4n) is 1.20. The van der Waals surface area contributed by atoms with Gasteiger partial charge < -0.3 is 21.3 Å².